The third-order valence-electron chi connectivity index (χ3n) is 3.17. The molecule has 0 radical (unpaired) electrons. The maximum absolute atomic E-state index is 10.9. The van der Waals surface area contributed by atoms with Gasteiger partial charge in [0.05, 0.1) is 0 Å². The number of hydrogen-bond acceptors (Lipinski definition) is 5. The largest absolute Gasteiger partial charge is 0.352 e. The lowest BCUT2D eigenvalue weighted by molar-refractivity contribution is -0.119. The van der Waals surface area contributed by atoms with Crippen molar-refractivity contribution < 1.29 is 9.32 Å². The van der Waals surface area contributed by atoms with Crippen molar-refractivity contribution in [3.8, 4) is 11.5 Å². The van der Waals surface area contributed by atoms with Gasteiger partial charge in [0.2, 0.25) is 5.91 Å². The van der Waals surface area contributed by atoms with E-state index < -0.39 is 0 Å². The average molecular weight is 288 g/mol. The third kappa shape index (κ3) is 4.39. The Morgan fingerprint density at radius 3 is 2.95 bits per heavy atom. The minimum Gasteiger partial charge on any atom is -0.352 e. The molecule has 1 unspecified atom stereocenters. The number of nitrogens with one attached hydrogen (secondary N) is 2. The van der Waals surface area contributed by atoms with E-state index in [0.29, 0.717) is 30.7 Å². The molecule has 2 rings (SSSR count). The standard InChI is InChI=1S/C15H20N4O2/c1-10(16-3)7-14-18-15(21-19-14)13-6-4-5-12(8-13)9-17-11(2)20/h4-6,8,10,16H,7,9H2,1-3H3,(H,17,20). The Labute approximate surface area is 123 Å². The summed E-state index contributed by atoms with van der Waals surface area (Å²) in [5, 5.41) is 9.89. The minimum absolute atomic E-state index is 0.0541. The van der Waals surface area contributed by atoms with Crippen LogP contribution in [0.5, 0.6) is 0 Å². The number of aromatic nitrogens is 2. The van der Waals surface area contributed by atoms with Crippen molar-refractivity contribution in [2.75, 3.05) is 7.05 Å². The summed E-state index contributed by atoms with van der Waals surface area (Å²) >= 11 is 0. The van der Waals surface area contributed by atoms with Gasteiger partial charge in [0, 0.05) is 31.5 Å². The number of amides is 1. The van der Waals surface area contributed by atoms with Crippen molar-refractivity contribution in [3.05, 3.63) is 35.7 Å². The quantitative estimate of drug-likeness (QED) is 0.842. The van der Waals surface area contributed by atoms with Crippen LogP contribution in [0.3, 0.4) is 0 Å². The molecule has 0 fully saturated rings. The average Bonchev–Trinajstić information content (AvgIpc) is 2.94. The first kappa shape index (κ1) is 15.2. The Kier molecular flexibility index (Phi) is 5.05. The SMILES string of the molecule is CNC(C)Cc1noc(-c2cccc(CNC(C)=O)c2)n1. The smallest absolute Gasteiger partial charge is 0.257 e. The van der Waals surface area contributed by atoms with Gasteiger partial charge < -0.3 is 15.2 Å². The van der Waals surface area contributed by atoms with Crippen molar-refractivity contribution >= 4 is 5.91 Å². The second-order valence-corrected chi connectivity index (χ2v) is 5.02. The highest BCUT2D eigenvalue weighted by molar-refractivity contribution is 5.72. The van der Waals surface area contributed by atoms with Crippen molar-refractivity contribution in [1.82, 2.24) is 20.8 Å². The first-order valence-corrected chi connectivity index (χ1v) is 6.92. The van der Waals surface area contributed by atoms with E-state index in [0.717, 1.165) is 11.1 Å². The molecular formula is C15H20N4O2. The number of nitrogens with zero attached hydrogens (tertiary/aromatic N) is 2. The maximum Gasteiger partial charge on any atom is 0.257 e. The molecule has 1 atom stereocenters. The second-order valence-electron chi connectivity index (χ2n) is 5.02. The highest BCUT2D eigenvalue weighted by Crippen LogP contribution is 2.19. The highest BCUT2D eigenvalue weighted by atomic mass is 16.5. The monoisotopic (exact) mass is 288 g/mol. The van der Waals surface area contributed by atoms with Crippen LogP contribution in [-0.4, -0.2) is 29.1 Å². The number of carbonyl (C=O) groups is 1. The molecule has 21 heavy (non-hydrogen) atoms. The molecule has 0 spiro atoms. The summed E-state index contributed by atoms with van der Waals surface area (Å²) in [6.07, 6.45) is 0.714. The van der Waals surface area contributed by atoms with Crippen molar-refractivity contribution in [1.29, 1.82) is 0 Å². The first-order valence-electron chi connectivity index (χ1n) is 6.92. The molecule has 1 aromatic carbocycles. The summed E-state index contributed by atoms with van der Waals surface area (Å²) in [4.78, 5) is 15.3. The Hall–Kier alpha value is -2.21. The van der Waals surface area contributed by atoms with Crippen LogP contribution in [-0.2, 0) is 17.8 Å². The van der Waals surface area contributed by atoms with Crippen molar-refractivity contribution in [3.63, 3.8) is 0 Å². The van der Waals surface area contributed by atoms with Crippen LogP contribution in [0.4, 0.5) is 0 Å². The van der Waals surface area contributed by atoms with Crippen LogP contribution in [0, 0.1) is 0 Å². The van der Waals surface area contributed by atoms with Gasteiger partial charge in [-0.2, -0.15) is 4.98 Å². The minimum atomic E-state index is -0.0541. The maximum atomic E-state index is 10.9. The Morgan fingerprint density at radius 1 is 1.43 bits per heavy atom. The molecule has 0 aliphatic heterocycles. The fraction of sp³-hybridized carbons (Fsp3) is 0.400. The molecule has 2 N–H and O–H groups in total. The third-order valence-corrected chi connectivity index (χ3v) is 3.17. The van der Waals surface area contributed by atoms with E-state index in [2.05, 4.69) is 27.7 Å². The molecule has 0 saturated carbocycles. The number of benzene rings is 1. The van der Waals surface area contributed by atoms with Crippen LogP contribution < -0.4 is 10.6 Å². The van der Waals surface area contributed by atoms with Crippen molar-refractivity contribution in [2.24, 2.45) is 0 Å². The van der Waals surface area contributed by atoms with Gasteiger partial charge in [-0.3, -0.25) is 4.79 Å². The second kappa shape index (κ2) is 6.99. The Morgan fingerprint density at radius 2 is 2.24 bits per heavy atom. The molecular weight excluding hydrogens is 268 g/mol. The molecule has 1 aromatic heterocycles. The predicted molar refractivity (Wildman–Crippen MR) is 79.5 cm³/mol. The van der Waals surface area contributed by atoms with E-state index >= 15 is 0 Å². The molecule has 1 heterocycles. The summed E-state index contributed by atoms with van der Waals surface area (Å²) in [5.74, 6) is 1.12. The number of rotatable bonds is 6. The van der Waals surface area contributed by atoms with Crippen LogP contribution in [0.25, 0.3) is 11.5 Å². The molecule has 0 saturated heterocycles. The Bertz CT molecular complexity index is 609. The summed E-state index contributed by atoms with van der Waals surface area (Å²) in [7, 11) is 1.90. The van der Waals surface area contributed by atoms with E-state index in [-0.39, 0.29) is 5.91 Å². The zero-order valence-corrected chi connectivity index (χ0v) is 12.5. The van der Waals surface area contributed by atoms with E-state index in [1.54, 1.807) is 0 Å². The predicted octanol–water partition coefficient (Wildman–Crippen LogP) is 1.52. The molecule has 6 heteroatoms. The fourth-order valence-corrected chi connectivity index (χ4v) is 1.87. The van der Waals surface area contributed by atoms with Crippen LogP contribution in [0.2, 0.25) is 0 Å². The molecule has 1 amide bonds. The molecule has 112 valence electrons. The molecule has 0 bridgehead atoms. The lowest BCUT2D eigenvalue weighted by Crippen LogP contribution is -2.24. The molecule has 0 aliphatic rings. The lowest BCUT2D eigenvalue weighted by Gasteiger charge is -2.05. The summed E-state index contributed by atoms with van der Waals surface area (Å²) in [6.45, 7) is 4.04. The summed E-state index contributed by atoms with van der Waals surface area (Å²) in [6, 6.07) is 8.00. The number of carbonyl (C=O) groups excluding carboxylic acids is 1. The number of hydrogen-bond donors (Lipinski definition) is 2. The Balaban J connectivity index is 2.11. The van der Waals surface area contributed by atoms with Gasteiger partial charge in [-0.25, -0.2) is 0 Å². The lowest BCUT2D eigenvalue weighted by atomic mass is 10.1. The van der Waals surface area contributed by atoms with Crippen LogP contribution in [0.1, 0.15) is 25.2 Å². The van der Waals surface area contributed by atoms with E-state index in [4.69, 9.17) is 4.52 Å². The van der Waals surface area contributed by atoms with Gasteiger partial charge >= 0.3 is 0 Å². The van der Waals surface area contributed by atoms with Gasteiger partial charge in [0.1, 0.15) is 0 Å². The molecule has 2 aromatic rings. The molecule has 6 nitrogen and oxygen atoms in total. The summed E-state index contributed by atoms with van der Waals surface area (Å²) < 4.78 is 5.30. The van der Waals surface area contributed by atoms with Gasteiger partial charge in [-0.05, 0) is 31.7 Å². The van der Waals surface area contributed by atoms with E-state index in [9.17, 15) is 4.79 Å². The fourth-order valence-electron chi connectivity index (χ4n) is 1.87. The first-order chi connectivity index (χ1) is 10.1. The van der Waals surface area contributed by atoms with Gasteiger partial charge in [0.15, 0.2) is 5.82 Å². The van der Waals surface area contributed by atoms with Gasteiger partial charge in [-0.1, -0.05) is 17.3 Å². The zero-order chi connectivity index (χ0) is 15.2. The number of likely N-dealkylation sites (N-methyl/N-ethyl adjacent to an activating group) is 1. The van der Waals surface area contributed by atoms with E-state index in [1.807, 2.05) is 31.3 Å². The van der Waals surface area contributed by atoms with E-state index in [1.165, 1.54) is 6.92 Å². The summed E-state index contributed by atoms with van der Waals surface area (Å²) in [5.41, 5.74) is 1.85. The van der Waals surface area contributed by atoms with Crippen LogP contribution in [0.15, 0.2) is 28.8 Å². The normalized spacial score (nSPS) is 12.1. The van der Waals surface area contributed by atoms with Gasteiger partial charge in [0.25, 0.3) is 5.89 Å². The zero-order valence-electron chi connectivity index (χ0n) is 12.5. The van der Waals surface area contributed by atoms with Crippen molar-refractivity contribution in [2.45, 2.75) is 32.9 Å². The van der Waals surface area contributed by atoms with Gasteiger partial charge in [-0.15, -0.1) is 0 Å². The molecule has 0 aliphatic carbocycles. The topological polar surface area (TPSA) is 80.0 Å². The highest BCUT2D eigenvalue weighted by Gasteiger charge is 2.11. The van der Waals surface area contributed by atoms with Crippen LogP contribution >= 0.6 is 0 Å².